The molecule has 16 heteroatoms. The van der Waals surface area contributed by atoms with Gasteiger partial charge in [-0.1, -0.05) is 76.6 Å². The fourth-order valence-electron chi connectivity index (χ4n) is 13.3. The summed E-state index contributed by atoms with van der Waals surface area (Å²) in [6, 6.07) is 19.4. The maximum absolute atomic E-state index is 13.9. The molecule has 1 fully saturated rings. The molecule has 1 aromatic heterocycles. The summed E-state index contributed by atoms with van der Waals surface area (Å²) >= 11 is 1.50. The average Bonchev–Trinajstić information content (AvgIpc) is 4.05. The number of allylic oxidation sites excluding steroid dienone is 1. The van der Waals surface area contributed by atoms with Gasteiger partial charge in [-0.2, -0.15) is 4.58 Å². The minimum atomic E-state index is -3.85. The molecular weight excluding hydrogens is 983 g/mol. The number of unbranched alkanes of at least 4 members (excludes halogenated alkanes) is 7. The van der Waals surface area contributed by atoms with Crippen molar-refractivity contribution in [2.24, 2.45) is 0 Å². The fourth-order valence-corrected chi connectivity index (χ4v) is 14.6. The number of anilines is 4. The van der Waals surface area contributed by atoms with Crippen molar-refractivity contribution in [3.05, 3.63) is 116 Å². The number of thiophene rings is 1. The van der Waals surface area contributed by atoms with Crippen molar-refractivity contribution in [3.63, 3.8) is 0 Å². The molecule has 0 spiro atoms. The minimum absolute atomic E-state index is 0.000680. The minimum Gasteiger partial charge on any atom is -0.365 e. The molecule has 4 aromatic rings. The van der Waals surface area contributed by atoms with Gasteiger partial charge in [0.25, 0.3) is 5.91 Å². The van der Waals surface area contributed by atoms with Gasteiger partial charge in [0.05, 0.1) is 58.1 Å². The molecule has 3 amide bonds. The smallest absolute Gasteiger partial charge is 0.258 e. The van der Waals surface area contributed by atoms with E-state index in [4.69, 9.17) is 4.74 Å². The lowest BCUT2D eigenvalue weighted by molar-refractivity contribution is -0.445. The van der Waals surface area contributed by atoms with E-state index in [-0.39, 0.29) is 40.2 Å². The summed E-state index contributed by atoms with van der Waals surface area (Å²) in [5, 5.41) is 8.04. The van der Waals surface area contributed by atoms with E-state index in [2.05, 4.69) is 81.9 Å². The van der Waals surface area contributed by atoms with Crippen molar-refractivity contribution in [3.8, 4) is 0 Å². The van der Waals surface area contributed by atoms with Gasteiger partial charge < -0.3 is 38.8 Å². The molecule has 1 saturated heterocycles. The third-order valence-corrected chi connectivity index (χ3v) is 18.9. The number of hydrogen-bond acceptors (Lipinski definition) is 11. The molecule has 7 aliphatic rings. The van der Waals surface area contributed by atoms with E-state index >= 15 is 0 Å². The highest BCUT2D eigenvalue weighted by molar-refractivity contribution is 8.19. The van der Waals surface area contributed by atoms with Crippen molar-refractivity contribution in [2.45, 2.75) is 133 Å². The van der Waals surface area contributed by atoms with Gasteiger partial charge in [0.1, 0.15) is 10.9 Å². The van der Waals surface area contributed by atoms with Crippen LogP contribution >= 0.6 is 22.2 Å². The number of nitrogens with zero attached hydrogens (tertiary/aromatic N) is 5. The van der Waals surface area contributed by atoms with E-state index in [0.29, 0.717) is 36.4 Å². The first-order chi connectivity index (χ1) is 36.0. The number of nitrogens with one attached hydrogen (secondary N) is 2. The Labute approximate surface area is 447 Å². The van der Waals surface area contributed by atoms with E-state index in [1.807, 2.05) is 42.6 Å². The fraction of sp³-hybridized carbons (Fsp3) is 0.492. The maximum Gasteiger partial charge on any atom is 0.258 e. The summed E-state index contributed by atoms with van der Waals surface area (Å²) in [6.07, 6.45) is 13.9. The number of carbonyl (C=O) groups excluding carboxylic acids is 3. The number of piperazine rings is 1. The number of aryl methyl sites for hydroxylation is 1. The van der Waals surface area contributed by atoms with Gasteiger partial charge >= 0.3 is 0 Å². The van der Waals surface area contributed by atoms with Gasteiger partial charge in [-0.15, -0.1) is 11.3 Å². The van der Waals surface area contributed by atoms with Crippen LogP contribution in [0.3, 0.4) is 0 Å². The first kappa shape index (κ1) is 51.9. The van der Waals surface area contributed by atoms with Crippen molar-refractivity contribution < 1.29 is 37.4 Å². The van der Waals surface area contributed by atoms with Crippen LogP contribution in [0.15, 0.2) is 93.9 Å². The molecule has 8 heterocycles. The number of carbonyl (C=O) groups is 3. The molecule has 3 aromatic carbocycles. The molecule has 398 valence electrons. The second kappa shape index (κ2) is 20.7. The molecule has 7 aliphatic heterocycles. The van der Waals surface area contributed by atoms with Gasteiger partial charge in [0.2, 0.25) is 17.5 Å². The lowest BCUT2D eigenvalue weighted by Gasteiger charge is -2.42. The van der Waals surface area contributed by atoms with E-state index in [9.17, 15) is 28.0 Å². The second-order valence-corrected chi connectivity index (χ2v) is 25.4. The quantitative estimate of drug-likeness (QED) is 0.0540. The van der Waals surface area contributed by atoms with Crippen LogP contribution in [0, 0.1) is 6.92 Å². The first-order valence-corrected chi connectivity index (χ1v) is 29.7. The van der Waals surface area contributed by atoms with Crippen LogP contribution in [-0.4, -0.2) is 123 Å². The van der Waals surface area contributed by atoms with Crippen LogP contribution in [0.5, 0.6) is 0 Å². The Bertz CT molecular complexity index is 3020. The van der Waals surface area contributed by atoms with Crippen LogP contribution in [0.25, 0.3) is 0 Å². The highest BCUT2D eigenvalue weighted by atomic mass is 32.3. The summed E-state index contributed by atoms with van der Waals surface area (Å²) in [4.78, 5) is 50.3. The van der Waals surface area contributed by atoms with Crippen molar-refractivity contribution in [2.75, 3.05) is 74.0 Å². The largest absolute Gasteiger partial charge is 0.365 e. The lowest BCUT2D eigenvalue weighted by atomic mass is 9.74. The Hall–Kier alpha value is -5.17. The molecule has 2 unspecified atom stereocenters. The van der Waals surface area contributed by atoms with Crippen molar-refractivity contribution in [1.82, 2.24) is 15.1 Å². The third-order valence-electron chi connectivity index (χ3n) is 17.1. The standard InChI is InChI=1S/C59H73N7O7S2/c1-38-54-43(37-74-38)57(69)61-46-16-12-13-17-49(46)66(54)53(68)36-63-30-28-62(29-31-63)25-15-11-9-7-6-8-10-14-24-60-52(67)33-39-18-20-47-44(32-39)58(2,3)55-41-35-42-51(73-50(41)22-26-64(47)55)23-27-65-48-21-19-40(75(70,71)72)34-45(48)59(4,5)56(42)65/h12-13,16-21,32,34-35,37,50-51H,6-11,14-15,22-31,33,36H2,1-5H3,(H4-,60,61,67,69,70,71,72)/p+1. The zero-order chi connectivity index (χ0) is 52.4. The second-order valence-electron chi connectivity index (χ2n) is 22.8. The van der Waals surface area contributed by atoms with E-state index < -0.39 is 16.3 Å². The SMILES string of the molecule is Cc1scc2c1N(C(=O)CN1CCN(CCCCCCCCCCNC(=O)Cc3ccc4c(c3)C(C)(C)C3=C5C=C6C7=[N+](CCC6OC5CCN34)c3ccc(S(O)(O)O)cc3C7(C)C)CC1)c1ccccc1NC2=O. The average molecular weight is 1060 g/mol. The number of hydrogen-bond donors (Lipinski definition) is 5. The highest BCUT2D eigenvalue weighted by Crippen LogP contribution is 2.55. The normalized spacial score (nSPS) is 21.7. The third kappa shape index (κ3) is 9.83. The topological polar surface area (TPSA) is 161 Å². The predicted octanol–water partition coefficient (Wildman–Crippen LogP) is 10.9. The van der Waals surface area contributed by atoms with E-state index in [0.717, 1.165) is 98.9 Å². The molecule has 0 bridgehead atoms. The first-order valence-electron chi connectivity index (χ1n) is 27.3. The summed E-state index contributed by atoms with van der Waals surface area (Å²) < 4.78 is 39.7. The number of fused-ring (bicyclic) bond motifs is 10. The summed E-state index contributed by atoms with van der Waals surface area (Å²) in [6.45, 7) is 18.3. The van der Waals surface area contributed by atoms with Crippen LogP contribution < -0.4 is 20.4 Å². The van der Waals surface area contributed by atoms with Gasteiger partial charge in [-0.25, -0.2) is 0 Å². The number of para-hydroxylation sites is 2. The van der Waals surface area contributed by atoms with E-state index in [1.165, 1.54) is 83.7 Å². The molecule has 2 atom stereocenters. The maximum atomic E-state index is 13.9. The van der Waals surface area contributed by atoms with E-state index in [1.54, 1.807) is 17.0 Å². The van der Waals surface area contributed by atoms with Gasteiger partial charge in [0, 0.05) is 95.5 Å². The molecule has 11 rings (SSSR count). The monoisotopic (exact) mass is 1060 g/mol. The summed E-state index contributed by atoms with van der Waals surface area (Å²) in [5.41, 5.74) is 12.2. The van der Waals surface area contributed by atoms with Crippen LogP contribution in [0.2, 0.25) is 0 Å². The Kier molecular flexibility index (Phi) is 14.3. The Morgan fingerprint density at radius 1 is 0.827 bits per heavy atom. The van der Waals surface area contributed by atoms with Crippen LogP contribution in [-0.2, 0) is 31.6 Å². The molecule has 0 saturated carbocycles. The summed E-state index contributed by atoms with van der Waals surface area (Å²) in [5.74, 6) is -0.120. The van der Waals surface area contributed by atoms with Gasteiger partial charge in [0.15, 0.2) is 12.3 Å². The zero-order valence-corrected chi connectivity index (χ0v) is 45.9. The van der Waals surface area contributed by atoms with Gasteiger partial charge in [-0.3, -0.25) is 24.2 Å². The Balaban J connectivity index is 0.600. The molecule has 14 nitrogen and oxygen atoms in total. The number of amides is 3. The number of benzene rings is 3. The molecule has 0 aliphatic carbocycles. The number of ether oxygens (including phenoxy) is 1. The number of rotatable bonds is 16. The van der Waals surface area contributed by atoms with Crippen molar-refractivity contribution >= 4 is 74.1 Å². The highest BCUT2D eigenvalue weighted by Gasteiger charge is 2.55. The summed E-state index contributed by atoms with van der Waals surface area (Å²) in [7, 11) is -3.85. The molecular formula is C59H74N7O7S2+. The zero-order valence-electron chi connectivity index (χ0n) is 44.3. The molecule has 0 radical (unpaired) electrons. The van der Waals surface area contributed by atoms with Crippen LogP contribution in [0.4, 0.5) is 28.4 Å². The molecule has 5 N–H and O–H groups in total. The van der Waals surface area contributed by atoms with Crippen molar-refractivity contribution in [1.29, 1.82) is 0 Å². The van der Waals surface area contributed by atoms with Crippen LogP contribution in [0.1, 0.15) is 124 Å². The lowest BCUT2D eigenvalue weighted by Crippen LogP contribution is -2.49. The Morgan fingerprint density at radius 2 is 1.56 bits per heavy atom. The van der Waals surface area contributed by atoms with Gasteiger partial charge in [-0.05, 0) is 94.1 Å². The predicted molar refractivity (Wildman–Crippen MR) is 300 cm³/mol. The molecule has 75 heavy (non-hydrogen) atoms. The Morgan fingerprint density at radius 3 is 2.33 bits per heavy atom.